The lowest BCUT2D eigenvalue weighted by Gasteiger charge is -2.19. The minimum Gasteiger partial charge on any atom is -0.493 e. The summed E-state index contributed by atoms with van der Waals surface area (Å²) in [4.78, 5) is 0. The Morgan fingerprint density at radius 2 is 1.76 bits per heavy atom. The van der Waals surface area contributed by atoms with Crippen LogP contribution < -0.4 is 15.2 Å². The molecule has 0 saturated heterocycles. The molecule has 0 spiro atoms. The lowest BCUT2D eigenvalue weighted by Crippen LogP contribution is -2.14. The number of ether oxygens (including phenoxy) is 2. The smallest absolute Gasteiger partial charge is 0.160 e. The Morgan fingerprint density at radius 1 is 1.12 bits per heavy atom. The molecular weight excluding hydrogens is 214 g/mol. The zero-order valence-electron chi connectivity index (χ0n) is 11.2. The van der Waals surface area contributed by atoms with Gasteiger partial charge in [0.25, 0.3) is 0 Å². The van der Waals surface area contributed by atoms with E-state index in [4.69, 9.17) is 15.2 Å². The SMILES string of the molecule is COc1ccc([C@@H](CN)CC(C)C)cc1OC. The highest BCUT2D eigenvalue weighted by Gasteiger charge is 2.14. The molecule has 17 heavy (non-hydrogen) atoms. The van der Waals surface area contributed by atoms with Gasteiger partial charge in [0.1, 0.15) is 0 Å². The lowest BCUT2D eigenvalue weighted by molar-refractivity contribution is 0.354. The van der Waals surface area contributed by atoms with Gasteiger partial charge >= 0.3 is 0 Å². The second-order valence-corrected chi connectivity index (χ2v) is 4.68. The second kappa shape index (κ2) is 6.50. The molecule has 3 heteroatoms. The lowest BCUT2D eigenvalue weighted by atomic mass is 9.90. The van der Waals surface area contributed by atoms with E-state index in [-0.39, 0.29) is 0 Å². The Bertz CT molecular complexity index is 350. The van der Waals surface area contributed by atoms with Gasteiger partial charge in [0, 0.05) is 0 Å². The minimum atomic E-state index is 0.384. The fourth-order valence-corrected chi connectivity index (χ4v) is 2.04. The molecule has 0 fully saturated rings. The number of methoxy groups -OCH3 is 2. The van der Waals surface area contributed by atoms with Crippen molar-refractivity contribution in [3.8, 4) is 11.5 Å². The molecule has 0 aliphatic rings. The van der Waals surface area contributed by atoms with Crippen LogP contribution in [0, 0.1) is 5.92 Å². The van der Waals surface area contributed by atoms with Crippen LogP contribution >= 0.6 is 0 Å². The van der Waals surface area contributed by atoms with E-state index in [1.54, 1.807) is 14.2 Å². The van der Waals surface area contributed by atoms with Crippen LogP contribution in [0.4, 0.5) is 0 Å². The van der Waals surface area contributed by atoms with Gasteiger partial charge in [0.2, 0.25) is 0 Å². The Labute approximate surface area is 104 Å². The maximum atomic E-state index is 5.84. The van der Waals surface area contributed by atoms with Gasteiger partial charge in [-0.2, -0.15) is 0 Å². The number of hydrogen-bond donors (Lipinski definition) is 1. The predicted molar refractivity (Wildman–Crippen MR) is 70.8 cm³/mol. The van der Waals surface area contributed by atoms with Crippen LogP contribution in [0.3, 0.4) is 0 Å². The molecule has 0 aliphatic carbocycles. The molecule has 0 aromatic heterocycles. The minimum absolute atomic E-state index is 0.384. The van der Waals surface area contributed by atoms with Gasteiger partial charge in [-0.25, -0.2) is 0 Å². The molecular formula is C14H23NO2. The fraction of sp³-hybridized carbons (Fsp3) is 0.571. The van der Waals surface area contributed by atoms with E-state index < -0.39 is 0 Å². The van der Waals surface area contributed by atoms with Crippen molar-refractivity contribution in [1.82, 2.24) is 0 Å². The zero-order valence-corrected chi connectivity index (χ0v) is 11.2. The molecule has 3 nitrogen and oxygen atoms in total. The van der Waals surface area contributed by atoms with Gasteiger partial charge in [0.15, 0.2) is 11.5 Å². The van der Waals surface area contributed by atoms with Gasteiger partial charge < -0.3 is 15.2 Å². The Kier molecular flexibility index (Phi) is 5.29. The quantitative estimate of drug-likeness (QED) is 0.827. The first-order valence-electron chi connectivity index (χ1n) is 6.04. The molecule has 2 N–H and O–H groups in total. The van der Waals surface area contributed by atoms with Crippen LogP contribution in [0.5, 0.6) is 11.5 Å². The van der Waals surface area contributed by atoms with Crippen molar-refractivity contribution in [1.29, 1.82) is 0 Å². The van der Waals surface area contributed by atoms with E-state index in [0.717, 1.165) is 17.9 Å². The molecule has 0 amide bonds. The average Bonchev–Trinajstić information content (AvgIpc) is 2.34. The van der Waals surface area contributed by atoms with Crippen molar-refractivity contribution >= 4 is 0 Å². The predicted octanol–water partition coefficient (Wildman–Crippen LogP) is 2.79. The summed E-state index contributed by atoms with van der Waals surface area (Å²) in [6.45, 7) is 5.08. The van der Waals surface area contributed by atoms with Crippen molar-refractivity contribution < 1.29 is 9.47 Å². The zero-order chi connectivity index (χ0) is 12.8. The van der Waals surface area contributed by atoms with Crippen molar-refractivity contribution in [3.63, 3.8) is 0 Å². The molecule has 1 rings (SSSR count). The van der Waals surface area contributed by atoms with Crippen molar-refractivity contribution in [2.24, 2.45) is 11.7 Å². The van der Waals surface area contributed by atoms with Gasteiger partial charge in [-0.1, -0.05) is 19.9 Å². The summed E-state index contributed by atoms with van der Waals surface area (Å²) < 4.78 is 10.5. The molecule has 1 aromatic rings. The van der Waals surface area contributed by atoms with Crippen LogP contribution in [0.2, 0.25) is 0 Å². The summed E-state index contributed by atoms with van der Waals surface area (Å²) in [5.41, 5.74) is 7.06. The standard InChI is InChI=1S/C14H23NO2/c1-10(2)7-12(9-15)11-5-6-13(16-3)14(8-11)17-4/h5-6,8,10,12H,7,9,15H2,1-4H3/t12-/m1/s1. The molecule has 96 valence electrons. The summed E-state index contributed by atoms with van der Waals surface area (Å²) in [6, 6.07) is 6.04. The number of nitrogens with two attached hydrogens (primary N) is 1. The Balaban J connectivity index is 2.96. The third kappa shape index (κ3) is 3.63. The highest BCUT2D eigenvalue weighted by Crippen LogP contribution is 2.32. The van der Waals surface area contributed by atoms with Crippen molar-refractivity contribution in [3.05, 3.63) is 23.8 Å². The van der Waals surface area contributed by atoms with E-state index in [1.165, 1.54) is 5.56 Å². The highest BCUT2D eigenvalue weighted by molar-refractivity contribution is 5.44. The van der Waals surface area contributed by atoms with Crippen LogP contribution in [-0.2, 0) is 0 Å². The van der Waals surface area contributed by atoms with E-state index >= 15 is 0 Å². The molecule has 0 aliphatic heterocycles. The number of benzene rings is 1. The van der Waals surface area contributed by atoms with E-state index in [2.05, 4.69) is 19.9 Å². The van der Waals surface area contributed by atoms with Crippen LogP contribution in [0.25, 0.3) is 0 Å². The summed E-state index contributed by atoms with van der Waals surface area (Å²) in [5.74, 6) is 2.55. The molecule has 0 bridgehead atoms. The van der Waals surface area contributed by atoms with E-state index in [1.807, 2.05) is 12.1 Å². The summed E-state index contributed by atoms with van der Waals surface area (Å²) >= 11 is 0. The summed E-state index contributed by atoms with van der Waals surface area (Å²) in [6.07, 6.45) is 1.09. The van der Waals surface area contributed by atoms with Gasteiger partial charge in [-0.3, -0.25) is 0 Å². The maximum Gasteiger partial charge on any atom is 0.160 e. The van der Waals surface area contributed by atoms with Gasteiger partial charge in [-0.05, 0) is 42.5 Å². The molecule has 0 saturated carbocycles. The van der Waals surface area contributed by atoms with Gasteiger partial charge in [-0.15, -0.1) is 0 Å². The first-order valence-corrected chi connectivity index (χ1v) is 6.04. The van der Waals surface area contributed by atoms with Crippen LogP contribution in [-0.4, -0.2) is 20.8 Å². The first-order chi connectivity index (χ1) is 8.12. The largest absolute Gasteiger partial charge is 0.493 e. The average molecular weight is 237 g/mol. The summed E-state index contributed by atoms with van der Waals surface area (Å²) in [7, 11) is 3.30. The number of hydrogen-bond acceptors (Lipinski definition) is 3. The molecule has 1 aromatic carbocycles. The normalized spacial score (nSPS) is 12.6. The monoisotopic (exact) mass is 237 g/mol. The molecule has 0 heterocycles. The van der Waals surface area contributed by atoms with Crippen molar-refractivity contribution in [2.45, 2.75) is 26.2 Å². The molecule has 1 atom stereocenters. The third-order valence-electron chi connectivity index (χ3n) is 2.92. The number of rotatable bonds is 6. The van der Waals surface area contributed by atoms with E-state index in [0.29, 0.717) is 18.4 Å². The van der Waals surface area contributed by atoms with E-state index in [9.17, 15) is 0 Å². The maximum absolute atomic E-state index is 5.84. The van der Waals surface area contributed by atoms with Crippen LogP contribution in [0.1, 0.15) is 31.7 Å². The summed E-state index contributed by atoms with van der Waals surface area (Å²) in [5, 5.41) is 0. The molecule has 0 radical (unpaired) electrons. The van der Waals surface area contributed by atoms with Gasteiger partial charge in [0.05, 0.1) is 14.2 Å². The van der Waals surface area contributed by atoms with Crippen molar-refractivity contribution in [2.75, 3.05) is 20.8 Å². The molecule has 0 unspecified atom stereocenters. The Morgan fingerprint density at radius 3 is 2.24 bits per heavy atom. The fourth-order valence-electron chi connectivity index (χ4n) is 2.04. The first kappa shape index (κ1) is 13.8. The third-order valence-corrected chi connectivity index (χ3v) is 2.92. The second-order valence-electron chi connectivity index (χ2n) is 4.68. The highest BCUT2D eigenvalue weighted by atomic mass is 16.5. The Hall–Kier alpha value is -1.22. The van der Waals surface area contributed by atoms with Crippen LogP contribution in [0.15, 0.2) is 18.2 Å². The topological polar surface area (TPSA) is 44.5 Å².